The zero-order chi connectivity index (χ0) is 13.6. The second-order valence-corrected chi connectivity index (χ2v) is 5.09. The van der Waals surface area contributed by atoms with E-state index in [0.29, 0.717) is 18.0 Å². The summed E-state index contributed by atoms with van der Waals surface area (Å²) in [5.74, 6) is 0.351. The maximum atomic E-state index is 9.72. The molecule has 1 aromatic heterocycles. The first-order chi connectivity index (χ1) is 8.40. The summed E-state index contributed by atoms with van der Waals surface area (Å²) in [5.41, 5.74) is 0.447. The first kappa shape index (κ1) is 14.4. The summed E-state index contributed by atoms with van der Waals surface area (Å²) >= 11 is 0. The summed E-state index contributed by atoms with van der Waals surface area (Å²) < 4.78 is 5.32. The van der Waals surface area contributed by atoms with Crippen molar-refractivity contribution in [2.75, 3.05) is 13.2 Å². The SMILES string of the molecule is CC(C)(C)NC[C@H](O)COc1cc(C#N)ccn1. The molecule has 1 heterocycles. The molecule has 0 fully saturated rings. The molecule has 0 saturated heterocycles. The lowest BCUT2D eigenvalue weighted by Crippen LogP contribution is -2.42. The third kappa shape index (κ3) is 5.62. The molecule has 1 atom stereocenters. The molecule has 1 aromatic rings. The van der Waals surface area contributed by atoms with Crippen molar-refractivity contribution in [2.24, 2.45) is 0 Å². The van der Waals surface area contributed by atoms with Crippen LogP contribution in [0.1, 0.15) is 26.3 Å². The quantitative estimate of drug-likeness (QED) is 0.816. The van der Waals surface area contributed by atoms with Crippen LogP contribution in [0, 0.1) is 11.3 Å². The van der Waals surface area contributed by atoms with E-state index in [0.717, 1.165) is 0 Å². The Kier molecular flexibility index (Phi) is 5.08. The minimum atomic E-state index is -0.614. The van der Waals surface area contributed by atoms with Gasteiger partial charge in [-0.3, -0.25) is 0 Å². The predicted molar refractivity (Wildman–Crippen MR) is 68.2 cm³/mol. The van der Waals surface area contributed by atoms with Gasteiger partial charge in [0.1, 0.15) is 12.7 Å². The van der Waals surface area contributed by atoms with E-state index in [1.807, 2.05) is 26.8 Å². The summed E-state index contributed by atoms with van der Waals surface area (Å²) in [6.45, 7) is 6.67. The second kappa shape index (κ2) is 6.34. The molecule has 0 radical (unpaired) electrons. The largest absolute Gasteiger partial charge is 0.475 e. The highest BCUT2D eigenvalue weighted by atomic mass is 16.5. The summed E-state index contributed by atoms with van der Waals surface area (Å²) in [7, 11) is 0. The van der Waals surface area contributed by atoms with Crippen molar-refractivity contribution < 1.29 is 9.84 Å². The number of nitrogens with zero attached hydrogens (tertiary/aromatic N) is 2. The fraction of sp³-hybridized carbons (Fsp3) is 0.538. The number of nitrogens with one attached hydrogen (secondary N) is 1. The molecule has 0 aliphatic heterocycles. The number of ether oxygens (including phenoxy) is 1. The van der Waals surface area contributed by atoms with Crippen LogP contribution >= 0.6 is 0 Å². The minimum absolute atomic E-state index is 0.0417. The molecule has 0 bridgehead atoms. The van der Waals surface area contributed by atoms with Gasteiger partial charge in [0.2, 0.25) is 5.88 Å². The second-order valence-electron chi connectivity index (χ2n) is 5.09. The van der Waals surface area contributed by atoms with Crippen molar-refractivity contribution in [1.82, 2.24) is 10.3 Å². The zero-order valence-corrected chi connectivity index (χ0v) is 11.0. The third-order valence-electron chi connectivity index (χ3n) is 2.16. The highest BCUT2D eigenvalue weighted by Crippen LogP contribution is 2.08. The lowest BCUT2D eigenvalue weighted by Gasteiger charge is -2.22. The lowest BCUT2D eigenvalue weighted by molar-refractivity contribution is 0.0977. The highest BCUT2D eigenvalue weighted by Gasteiger charge is 2.12. The summed E-state index contributed by atoms with van der Waals surface area (Å²) in [5, 5.41) is 21.6. The molecule has 18 heavy (non-hydrogen) atoms. The normalized spacial score (nSPS) is 12.8. The number of nitriles is 1. The van der Waals surface area contributed by atoms with Crippen LogP contribution in [0.15, 0.2) is 18.3 Å². The average Bonchev–Trinajstić information content (AvgIpc) is 2.33. The zero-order valence-electron chi connectivity index (χ0n) is 11.0. The number of aromatic nitrogens is 1. The first-order valence-electron chi connectivity index (χ1n) is 5.83. The van der Waals surface area contributed by atoms with Gasteiger partial charge in [0.05, 0.1) is 11.6 Å². The topological polar surface area (TPSA) is 78.2 Å². The Morgan fingerprint density at radius 1 is 1.56 bits per heavy atom. The standard InChI is InChI=1S/C13H19N3O2/c1-13(2,3)16-8-11(17)9-18-12-6-10(7-14)4-5-15-12/h4-6,11,16-17H,8-9H2,1-3H3/t11-/m0/s1. The number of aliphatic hydroxyl groups is 1. The van der Waals surface area contributed by atoms with Gasteiger partial charge in [-0.1, -0.05) is 0 Å². The van der Waals surface area contributed by atoms with Crippen molar-refractivity contribution >= 4 is 0 Å². The minimum Gasteiger partial charge on any atom is -0.475 e. The monoisotopic (exact) mass is 249 g/mol. The van der Waals surface area contributed by atoms with Crippen LogP contribution in [-0.2, 0) is 0 Å². The highest BCUT2D eigenvalue weighted by molar-refractivity contribution is 5.31. The number of aliphatic hydroxyl groups excluding tert-OH is 1. The Morgan fingerprint density at radius 2 is 2.28 bits per heavy atom. The van der Waals surface area contributed by atoms with E-state index >= 15 is 0 Å². The Hall–Kier alpha value is -1.64. The van der Waals surface area contributed by atoms with Crippen molar-refractivity contribution in [3.8, 4) is 11.9 Å². The Bertz CT molecular complexity index is 421. The molecule has 0 aliphatic carbocycles. The third-order valence-corrected chi connectivity index (χ3v) is 2.16. The first-order valence-corrected chi connectivity index (χ1v) is 5.83. The van der Waals surface area contributed by atoms with Crippen LogP contribution < -0.4 is 10.1 Å². The fourth-order valence-electron chi connectivity index (χ4n) is 1.22. The lowest BCUT2D eigenvalue weighted by atomic mass is 10.1. The van der Waals surface area contributed by atoms with Crippen molar-refractivity contribution in [3.05, 3.63) is 23.9 Å². The predicted octanol–water partition coefficient (Wildman–Crippen LogP) is 1.08. The summed E-state index contributed by atoms with van der Waals surface area (Å²) in [6.07, 6.45) is 0.894. The van der Waals surface area contributed by atoms with Gasteiger partial charge in [0, 0.05) is 24.3 Å². The fourth-order valence-corrected chi connectivity index (χ4v) is 1.22. The molecular weight excluding hydrogens is 230 g/mol. The molecule has 0 amide bonds. The van der Waals surface area contributed by atoms with E-state index in [-0.39, 0.29) is 12.1 Å². The van der Waals surface area contributed by atoms with Gasteiger partial charge in [-0.05, 0) is 26.8 Å². The molecule has 0 aromatic carbocycles. The molecule has 0 unspecified atom stereocenters. The molecule has 1 rings (SSSR count). The number of hydrogen-bond acceptors (Lipinski definition) is 5. The number of rotatable bonds is 5. The van der Waals surface area contributed by atoms with Crippen molar-refractivity contribution in [2.45, 2.75) is 32.4 Å². The molecule has 0 aliphatic rings. The summed E-state index contributed by atoms with van der Waals surface area (Å²) in [6, 6.07) is 5.15. The molecular formula is C13H19N3O2. The van der Waals surface area contributed by atoms with Crippen LogP contribution in [-0.4, -0.2) is 34.9 Å². The Balaban J connectivity index is 2.38. The van der Waals surface area contributed by atoms with Crippen LogP contribution in [0.25, 0.3) is 0 Å². The van der Waals surface area contributed by atoms with E-state index in [1.54, 1.807) is 12.1 Å². The van der Waals surface area contributed by atoms with Crippen LogP contribution in [0.2, 0.25) is 0 Å². The average molecular weight is 249 g/mol. The van der Waals surface area contributed by atoms with Gasteiger partial charge < -0.3 is 15.2 Å². The molecule has 0 spiro atoms. The molecule has 0 saturated carbocycles. The van der Waals surface area contributed by atoms with E-state index < -0.39 is 6.10 Å². The van der Waals surface area contributed by atoms with E-state index in [9.17, 15) is 5.11 Å². The van der Waals surface area contributed by atoms with Gasteiger partial charge >= 0.3 is 0 Å². The molecule has 98 valence electrons. The van der Waals surface area contributed by atoms with Crippen LogP contribution in [0.4, 0.5) is 0 Å². The maximum absolute atomic E-state index is 9.72. The van der Waals surface area contributed by atoms with E-state index in [2.05, 4.69) is 10.3 Å². The maximum Gasteiger partial charge on any atom is 0.214 e. The van der Waals surface area contributed by atoms with Gasteiger partial charge in [-0.25, -0.2) is 4.98 Å². The smallest absolute Gasteiger partial charge is 0.214 e. The van der Waals surface area contributed by atoms with Gasteiger partial charge in [-0.15, -0.1) is 0 Å². The van der Waals surface area contributed by atoms with Crippen LogP contribution in [0.5, 0.6) is 5.88 Å². The van der Waals surface area contributed by atoms with E-state index in [4.69, 9.17) is 10.00 Å². The van der Waals surface area contributed by atoms with Gasteiger partial charge in [0.25, 0.3) is 0 Å². The number of pyridine rings is 1. The molecule has 5 heteroatoms. The molecule has 2 N–H and O–H groups in total. The van der Waals surface area contributed by atoms with Crippen molar-refractivity contribution in [3.63, 3.8) is 0 Å². The Labute approximate surface area is 107 Å². The number of hydrogen-bond donors (Lipinski definition) is 2. The van der Waals surface area contributed by atoms with Crippen molar-refractivity contribution in [1.29, 1.82) is 5.26 Å². The summed E-state index contributed by atoms with van der Waals surface area (Å²) in [4.78, 5) is 3.96. The van der Waals surface area contributed by atoms with Gasteiger partial charge in [-0.2, -0.15) is 5.26 Å². The van der Waals surface area contributed by atoms with Gasteiger partial charge in [0.15, 0.2) is 0 Å². The van der Waals surface area contributed by atoms with Crippen LogP contribution in [0.3, 0.4) is 0 Å². The molecule has 5 nitrogen and oxygen atoms in total. The van der Waals surface area contributed by atoms with E-state index in [1.165, 1.54) is 6.20 Å². The Morgan fingerprint density at radius 3 is 2.89 bits per heavy atom. The number of β-amino-alcohol motifs (C(OH)–C–C–N with tert-alkyl or cyclic N) is 1.